The Bertz CT molecular complexity index is 151. The number of hydrogen-bond acceptors (Lipinski definition) is 1. The van der Waals surface area contributed by atoms with Gasteiger partial charge in [-0.2, -0.15) is 0 Å². The molecule has 16 heavy (non-hydrogen) atoms. The molecule has 1 N–H and O–H groups in total. The van der Waals surface area contributed by atoms with E-state index in [0.29, 0.717) is 0 Å². The molecule has 0 aromatic rings. The highest BCUT2D eigenvalue weighted by molar-refractivity contribution is 4.61. The van der Waals surface area contributed by atoms with Crippen LogP contribution in [-0.2, 0) is 0 Å². The first kappa shape index (κ1) is 15.9. The van der Waals surface area contributed by atoms with Crippen molar-refractivity contribution in [3.63, 3.8) is 0 Å². The van der Waals surface area contributed by atoms with E-state index in [1.54, 1.807) is 0 Å². The van der Waals surface area contributed by atoms with E-state index in [9.17, 15) is 0 Å². The fourth-order valence-electron chi connectivity index (χ4n) is 2.05. The molecule has 2 heteroatoms. The first-order chi connectivity index (χ1) is 7.55. The zero-order valence-electron chi connectivity index (χ0n) is 12.2. The van der Waals surface area contributed by atoms with Gasteiger partial charge in [0.15, 0.2) is 0 Å². The number of unbranched alkanes of at least 4 members (excludes halogenated alkanes) is 2. The van der Waals surface area contributed by atoms with Crippen LogP contribution in [0.4, 0.5) is 0 Å². The predicted molar refractivity (Wildman–Crippen MR) is 73.7 cm³/mol. The van der Waals surface area contributed by atoms with Crippen LogP contribution in [0.5, 0.6) is 0 Å². The summed E-state index contributed by atoms with van der Waals surface area (Å²) in [6, 6.07) is 0.718. The summed E-state index contributed by atoms with van der Waals surface area (Å²) >= 11 is 0. The lowest BCUT2D eigenvalue weighted by Gasteiger charge is -2.30. The third-order valence-electron chi connectivity index (χ3n) is 3.50. The van der Waals surface area contributed by atoms with E-state index in [-0.39, 0.29) is 0 Å². The second-order valence-electron chi connectivity index (χ2n) is 5.56. The molecule has 0 saturated carbocycles. The number of nitrogens with zero attached hydrogens (tertiary/aromatic N) is 1. The lowest BCUT2D eigenvalue weighted by Crippen LogP contribution is -2.46. The number of hydrogen-bond donors (Lipinski definition) is 1. The van der Waals surface area contributed by atoms with Gasteiger partial charge >= 0.3 is 0 Å². The molecule has 0 fully saturated rings. The molecule has 0 rings (SSSR count). The summed E-state index contributed by atoms with van der Waals surface area (Å²) in [7, 11) is 4.70. The minimum Gasteiger partial charge on any atom is -0.327 e. The molecule has 0 heterocycles. The summed E-state index contributed by atoms with van der Waals surface area (Å²) in [5.41, 5.74) is 0. The zero-order chi connectivity index (χ0) is 12.4. The first-order valence-electron chi connectivity index (χ1n) is 7.11. The molecule has 0 atom stereocenters. The maximum Gasteiger partial charge on any atom is 0.0909 e. The van der Waals surface area contributed by atoms with Crippen molar-refractivity contribution in [2.75, 3.05) is 33.7 Å². The van der Waals surface area contributed by atoms with Crippen LogP contribution in [0.25, 0.3) is 0 Å². The molecule has 0 amide bonds. The van der Waals surface area contributed by atoms with E-state index in [4.69, 9.17) is 0 Å². The van der Waals surface area contributed by atoms with Crippen LogP contribution in [0.2, 0.25) is 0 Å². The molecule has 0 spiro atoms. The van der Waals surface area contributed by atoms with E-state index >= 15 is 0 Å². The molecule has 0 aromatic heterocycles. The SMILES string of the molecule is CCCCC[N+](C)(C)CCNC(CC)CC. The summed E-state index contributed by atoms with van der Waals surface area (Å²) < 4.78 is 1.16. The molecule has 0 radical (unpaired) electrons. The lowest BCUT2D eigenvalue weighted by molar-refractivity contribution is -0.889. The van der Waals surface area contributed by atoms with Crippen LogP contribution in [0, 0.1) is 0 Å². The average Bonchev–Trinajstić information content (AvgIpc) is 2.24. The highest BCUT2D eigenvalue weighted by Crippen LogP contribution is 2.03. The number of nitrogens with one attached hydrogen (secondary N) is 1. The van der Waals surface area contributed by atoms with Crippen LogP contribution in [0.15, 0.2) is 0 Å². The van der Waals surface area contributed by atoms with Crippen molar-refractivity contribution >= 4 is 0 Å². The molecule has 2 nitrogen and oxygen atoms in total. The third kappa shape index (κ3) is 8.12. The van der Waals surface area contributed by atoms with Crippen molar-refractivity contribution in [2.45, 2.75) is 58.9 Å². The average molecular weight is 229 g/mol. The van der Waals surface area contributed by atoms with Gasteiger partial charge in [-0.1, -0.05) is 27.2 Å². The maximum atomic E-state index is 3.65. The van der Waals surface area contributed by atoms with Crippen molar-refractivity contribution in [3.8, 4) is 0 Å². The molecule has 0 bridgehead atoms. The molecule has 0 aromatic carbocycles. The molecule has 0 aliphatic carbocycles. The minimum absolute atomic E-state index is 0.718. The molecular formula is C14H33N2+. The lowest BCUT2D eigenvalue weighted by atomic mass is 10.2. The van der Waals surface area contributed by atoms with Gasteiger partial charge < -0.3 is 9.80 Å². The van der Waals surface area contributed by atoms with Crippen LogP contribution in [-0.4, -0.2) is 44.3 Å². The van der Waals surface area contributed by atoms with Gasteiger partial charge in [0.2, 0.25) is 0 Å². The Labute approximate surface area is 103 Å². The fraction of sp³-hybridized carbons (Fsp3) is 1.00. The Kier molecular flexibility index (Phi) is 8.96. The normalized spacial score (nSPS) is 12.4. The van der Waals surface area contributed by atoms with Crippen LogP contribution in [0.3, 0.4) is 0 Å². The zero-order valence-corrected chi connectivity index (χ0v) is 12.2. The Morgan fingerprint density at radius 2 is 1.56 bits per heavy atom. The molecule has 0 aliphatic rings. The minimum atomic E-state index is 0.718. The van der Waals surface area contributed by atoms with Crippen molar-refractivity contribution < 1.29 is 4.48 Å². The van der Waals surface area contributed by atoms with Crippen molar-refractivity contribution in [2.24, 2.45) is 0 Å². The van der Waals surface area contributed by atoms with Crippen LogP contribution < -0.4 is 5.32 Å². The number of rotatable bonds is 10. The van der Waals surface area contributed by atoms with E-state index in [1.807, 2.05) is 0 Å². The topological polar surface area (TPSA) is 12.0 Å². The van der Waals surface area contributed by atoms with Gasteiger partial charge in [0.05, 0.1) is 27.2 Å². The Balaban J connectivity index is 3.63. The van der Waals surface area contributed by atoms with Gasteiger partial charge in [0, 0.05) is 12.6 Å². The number of likely N-dealkylation sites (N-methyl/N-ethyl adjacent to an activating group) is 1. The summed E-state index contributed by atoms with van der Waals surface area (Å²) in [5.74, 6) is 0. The van der Waals surface area contributed by atoms with E-state index in [2.05, 4.69) is 40.2 Å². The maximum absolute atomic E-state index is 3.65. The van der Waals surface area contributed by atoms with Gasteiger partial charge in [-0.05, 0) is 25.7 Å². The summed E-state index contributed by atoms with van der Waals surface area (Å²) in [5, 5.41) is 3.65. The second kappa shape index (κ2) is 9.00. The number of quaternary nitrogens is 1. The highest BCUT2D eigenvalue weighted by Gasteiger charge is 2.14. The Hall–Kier alpha value is -0.0800. The van der Waals surface area contributed by atoms with E-state index in [1.165, 1.54) is 45.2 Å². The quantitative estimate of drug-likeness (QED) is 0.448. The molecule has 0 aliphatic heterocycles. The first-order valence-corrected chi connectivity index (χ1v) is 7.11. The molecule has 98 valence electrons. The van der Waals surface area contributed by atoms with Crippen LogP contribution in [0.1, 0.15) is 52.9 Å². The van der Waals surface area contributed by atoms with Gasteiger partial charge in [0.25, 0.3) is 0 Å². The standard InChI is InChI=1S/C14H33N2/c1-6-9-10-12-16(4,5)13-11-15-14(7-2)8-3/h14-15H,6-13H2,1-5H3/q+1. The van der Waals surface area contributed by atoms with Crippen LogP contribution >= 0.6 is 0 Å². The van der Waals surface area contributed by atoms with Gasteiger partial charge in [-0.25, -0.2) is 0 Å². The smallest absolute Gasteiger partial charge is 0.0909 e. The Morgan fingerprint density at radius 3 is 2.06 bits per heavy atom. The van der Waals surface area contributed by atoms with Gasteiger partial charge in [-0.15, -0.1) is 0 Å². The van der Waals surface area contributed by atoms with Gasteiger partial charge in [-0.3, -0.25) is 0 Å². The van der Waals surface area contributed by atoms with Crippen molar-refractivity contribution in [3.05, 3.63) is 0 Å². The summed E-state index contributed by atoms with van der Waals surface area (Å²) in [6.07, 6.45) is 6.57. The molecule has 0 unspecified atom stereocenters. The summed E-state index contributed by atoms with van der Waals surface area (Å²) in [4.78, 5) is 0. The largest absolute Gasteiger partial charge is 0.327 e. The fourth-order valence-corrected chi connectivity index (χ4v) is 2.05. The van der Waals surface area contributed by atoms with Crippen molar-refractivity contribution in [1.29, 1.82) is 0 Å². The second-order valence-corrected chi connectivity index (χ2v) is 5.56. The Morgan fingerprint density at radius 1 is 0.938 bits per heavy atom. The monoisotopic (exact) mass is 229 g/mol. The molecule has 0 saturated heterocycles. The molecular weight excluding hydrogens is 196 g/mol. The van der Waals surface area contributed by atoms with Gasteiger partial charge in [0.1, 0.15) is 0 Å². The van der Waals surface area contributed by atoms with E-state index in [0.717, 1.165) is 17.1 Å². The van der Waals surface area contributed by atoms with Crippen molar-refractivity contribution in [1.82, 2.24) is 5.32 Å². The summed E-state index contributed by atoms with van der Waals surface area (Å²) in [6.45, 7) is 10.5. The van der Waals surface area contributed by atoms with E-state index < -0.39 is 0 Å². The predicted octanol–water partition coefficient (Wildman–Crippen LogP) is 3.03. The third-order valence-corrected chi connectivity index (χ3v) is 3.50. The highest BCUT2D eigenvalue weighted by atomic mass is 15.3.